The molecule has 0 saturated carbocycles. The molecule has 132 valence electrons. The Morgan fingerprint density at radius 1 is 1.31 bits per heavy atom. The van der Waals surface area contributed by atoms with Crippen molar-refractivity contribution in [2.45, 2.75) is 12.8 Å². The Balaban J connectivity index is 2.20. The minimum Gasteiger partial charge on any atom is -0.491 e. The number of hydrogen-bond acceptors (Lipinski definition) is 6. The first-order valence-electron chi connectivity index (χ1n) is 8.08. The molecule has 8 heteroatoms. The minimum absolute atomic E-state index is 0.0471. The number of nitrogens with zero attached hydrogens (tertiary/aromatic N) is 1. The van der Waals surface area contributed by atoms with Crippen LogP contribution in [0, 0.1) is 11.2 Å². The topological polar surface area (TPSA) is 131 Å². The maximum atomic E-state index is 13.9. The molecule has 1 aromatic carbocycles. The van der Waals surface area contributed by atoms with Crippen molar-refractivity contribution in [1.29, 1.82) is 5.41 Å². The number of H-pyrrole nitrogens is 1. The fourth-order valence-corrected chi connectivity index (χ4v) is 3.32. The van der Waals surface area contributed by atoms with E-state index in [9.17, 15) is 9.18 Å². The van der Waals surface area contributed by atoms with Crippen LogP contribution in [0.15, 0.2) is 23.1 Å². The van der Waals surface area contributed by atoms with Gasteiger partial charge in [-0.05, 0) is 24.5 Å². The van der Waals surface area contributed by atoms with Gasteiger partial charge in [-0.1, -0.05) is 6.07 Å². The standard InChI is InChI=1S/C18H16FN5O2/c19-10-4-3-8(9(6-20)15(10)21)13-14-12(24-18(25)16(13)22)7-23-11-2-1-5-26-17(11)14/h3-4,6-7,20H,1-2,5,21-22H2,(H,24,25). The third-order valence-corrected chi connectivity index (χ3v) is 4.57. The molecular formula is C18H16FN5O2. The molecule has 4 rings (SSSR count). The normalized spacial score (nSPS) is 13.3. The van der Waals surface area contributed by atoms with Gasteiger partial charge >= 0.3 is 0 Å². The summed E-state index contributed by atoms with van der Waals surface area (Å²) in [5.74, 6) is -0.0922. The number of aromatic amines is 1. The second kappa shape index (κ2) is 5.83. The van der Waals surface area contributed by atoms with Gasteiger partial charge in [0.2, 0.25) is 0 Å². The first kappa shape index (κ1) is 16.1. The zero-order valence-electron chi connectivity index (χ0n) is 13.7. The van der Waals surface area contributed by atoms with Gasteiger partial charge in [0.25, 0.3) is 5.56 Å². The van der Waals surface area contributed by atoms with Crippen LogP contribution in [0.2, 0.25) is 0 Å². The number of anilines is 2. The Morgan fingerprint density at radius 2 is 2.12 bits per heavy atom. The first-order chi connectivity index (χ1) is 12.5. The largest absolute Gasteiger partial charge is 0.491 e. The number of pyridine rings is 2. The summed E-state index contributed by atoms with van der Waals surface area (Å²) >= 11 is 0. The van der Waals surface area contributed by atoms with Gasteiger partial charge in [-0.25, -0.2) is 4.39 Å². The molecule has 0 fully saturated rings. The van der Waals surface area contributed by atoms with Crippen LogP contribution in [0.4, 0.5) is 15.8 Å². The van der Waals surface area contributed by atoms with Crippen LogP contribution in [0.1, 0.15) is 17.7 Å². The number of nitrogens with one attached hydrogen (secondary N) is 2. The van der Waals surface area contributed by atoms with Crippen molar-refractivity contribution in [3.8, 4) is 16.9 Å². The van der Waals surface area contributed by atoms with Crippen molar-refractivity contribution in [3.63, 3.8) is 0 Å². The highest BCUT2D eigenvalue weighted by Gasteiger charge is 2.24. The van der Waals surface area contributed by atoms with E-state index in [1.807, 2.05) is 0 Å². The molecule has 0 radical (unpaired) electrons. The van der Waals surface area contributed by atoms with Crippen LogP contribution in [0.3, 0.4) is 0 Å². The summed E-state index contributed by atoms with van der Waals surface area (Å²) < 4.78 is 19.7. The number of aromatic nitrogens is 2. The van der Waals surface area contributed by atoms with Gasteiger partial charge in [-0.3, -0.25) is 9.78 Å². The van der Waals surface area contributed by atoms with Gasteiger partial charge < -0.3 is 26.6 Å². The van der Waals surface area contributed by atoms with Crippen LogP contribution in [0.25, 0.3) is 22.0 Å². The van der Waals surface area contributed by atoms with Gasteiger partial charge in [0, 0.05) is 17.3 Å². The zero-order valence-corrected chi connectivity index (χ0v) is 13.7. The number of nitrogens with two attached hydrogens (primary N) is 2. The number of ether oxygens (including phenoxy) is 1. The number of rotatable bonds is 2. The van der Waals surface area contributed by atoms with E-state index in [2.05, 4.69) is 9.97 Å². The van der Waals surface area contributed by atoms with Crippen molar-refractivity contribution in [3.05, 3.63) is 45.8 Å². The second-order valence-corrected chi connectivity index (χ2v) is 6.08. The molecule has 2 aromatic heterocycles. The average Bonchev–Trinajstić information content (AvgIpc) is 2.65. The van der Waals surface area contributed by atoms with Crippen LogP contribution in [-0.2, 0) is 6.42 Å². The SMILES string of the molecule is N=Cc1c(-c2c(N)c(=O)[nH]c3cnc4c(c23)OCCC4)ccc(F)c1N. The molecule has 0 atom stereocenters. The van der Waals surface area contributed by atoms with Crippen LogP contribution < -0.4 is 21.8 Å². The second-order valence-electron chi connectivity index (χ2n) is 6.08. The third-order valence-electron chi connectivity index (χ3n) is 4.57. The predicted octanol–water partition coefficient (Wildman–Crippen LogP) is 2.22. The van der Waals surface area contributed by atoms with Crippen LogP contribution in [-0.4, -0.2) is 22.8 Å². The predicted molar refractivity (Wildman–Crippen MR) is 98.3 cm³/mol. The molecule has 0 saturated heterocycles. The fraction of sp³-hybridized carbons (Fsp3) is 0.167. The molecule has 7 nitrogen and oxygen atoms in total. The van der Waals surface area contributed by atoms with Crippen LogP contribution in [0.5, 0.6) is 5.75 Å². The number of nitrogen functional groups attached to an aromatic ring is 2. The van der Waals surface area contributed by atoms with E-state index < -0.39 is 11.4 Å². The van der Waals surface area contributed by atoms with E-state index in [0.29, 0.717) is 34.4 Å². The number of halogens is 1. The molecule has 0 unspecified atom stereocenters. The average molecular weight is 353 g/mol. The van der Waals surface area contributed by atoms with Gasteiger partial charge in [0.1, 0.15) is 11.5 Å². The Kier molecular flexibility index (Phi) is 3.61. The fourth-order valence-electron chi connectivity index (χ4n) is 3.32. The Bertz CT molecular complexity index is 1120. The summed E-state index contributed by atoms with van der Waals surface area (Å²) in [6.07, 6.45) is 4.10. The highest BCUT2D eigenvalue weighted by Crippen LogP contribution is 2.41. The summed E-state index contributed by atoms with van der Waals surface area (Å²) in [4.78, 5) is 19.4. The summed E-state index contributed by atoms with van der Waals surface area (Å²) in [6.45, 7) is 0.523. The smallest absolute Gasteiger partial charge is 0.272 e. The molecule has 1 aliphatic rings. The van der Waals surface area contributed by atoms with E-state index >= 15 is 0 Å². The van der Waals surface area contributed by atoms with Gasteiger partial charge in [-0.15, -0.1) is 0 Å². The van der Waals surface area contributed by atoms with Gasteiger partial charge in [0.15, 0.2) is 5.75 Å². The van der Waals surface area contributed by atoms with Crippen molar-refractivity contribution >= 4 is 28.5 Å². The van der Waals surface area contributed by atoms with Crippen molar-refractivity contribution in [2.24, 2.45) is 0 Å². The molecule has 0 amide bonds. The van der Waals surface area contributed by atoms with Gasteiger partial charge in [0.05, 0.1) is 35.1 Å². The lowest BCUT2D eigenvalue weighted by atomic mass is 9.93. The third kappa shape index (κ3) is 2.22. The highest BCUT2D eigenvalue weighted by molar-refractivity contribution is 6.08. The molecule has 3 heterocycles. The lowest BCUT2D eigenvalue weighted by molar-refractivity contribution is 0.289. The summed E-state index contributed by atoms with van der Waals surface area (Å²) in [7, 11) is 0. The monoisotopic (exact) mass is 353 g/mol. The molecular weight excluding hydrogens is 337 g/mol. The maximum absolute atomic E-state index is 13.9. The van der Waals surface area contributed by atoms with Crippen molar-refractivity contribution in [1.82, 2.24) is 9.97 Å². The van der Waals surface area contributed by atoms with E-state index in [1.54, 1.807) is 6.20 Å². The van der Waals surface area contributed by atoms with Gasteiger partial charge in [-0.2, -0.15) is 0 Å². The molecule has 6 N–H and O–H groups in total. The minimum atomic E-state index is -0.639. The van der Waals surface area contributed by atoms with E-state index in [1.165, 1.54) is 12.1 Å². The van der Waals surface area contributed by atoms with Crippen molar-refractivity contribution < 1.29 is 9.13 Å². The molecule has 0 spiro atoms. The summed E-state index contributed by atoms with van der Waals surface area (Å²) in [6, 6.07) is 2.66. The summed E-state index contributed by atoms with van der Waals surface area (Å²) in [5.41, 5.74) is 13.3. The van der Waals surface area contributed by atoms with E-state index in [-0.39, 0.29) is 16.9 Å². The number of aryl methyl sites for hydroxylation is 1. The maximum Gasteiger partial charge on any atom is 0.272 e. The number of fused-ring (bicyclic) bond motifs is 3. The van der Waals surface area contributed by atoms with Crippen LogP contribution >= 0.6 is 0 Å². The number of hydrogen-bond donors (Lipinski definition) is 4. The number of benzene rings is 1. The lowest BCUT2D eigenvalue weighted by Crippen LogP contribution is -2.17. The molecule has 1 aliphatic heterocycles. The Labute approximate surface area is 147 Å². The zero-order chi connectivity index (χ0) is 18.4. The lowest BCUT2D eigenvalue weighted by Gasteiger charge is -2.21. The molecule has 3 aromatic rings. The molecule has 0 aliphatic carbocycles. The first-order valence-corrected chi connectivity index (χ1v) is 8.08. The molecule has 26 heavy (non-hydrogen) atoms. The molecule has 0 bridgehead atoms. The quantitative estimate of drug-likeness (QED) is 0.414. The van der Waals surface area contributed by atoms with Crippen molar-refractivity contribution in [2.75, 3.05) is 18.1 Å². The Hall–Kier alpha value is -3.42. The van der Waals surface area contributed by atoms with E-state index in [4.69, 9.17) is 21.6 Å². The highest BCUT2D eigenvalue weighted by atomic mass is 19.1. The summed E-state index contributed by atoms with van der Waals surface area (Å²) in [5, 5.41) is 8.23. The Morgan fingerprint density at radius 3 is 2.88 bits per heavy atom. The van der Waals surface area contributed by atoms with E-state index in [0.717, 1.165) is 24.8 Å².